The molecule has 0 bridgehead atoms. The number of hydrogen-bond acceptors (Lipinski definition) is 7. The molecule has 0 spiro atoms. The van der Waals surface area contributed by atoms with E-state index in [4.69, 9.17) is 0 Å². The predicted molar refractivity (Wildman–Crippen MR) is 127 cm³/mol. The van der Waals surface area contributed by atoms with Crippen LogP contribution in [0, 0.1) is 0 Å². The lowest BCUT2D eigenvalue weighted by Gasteiger charge is -2.34. The number of benzene rings is 2. The fourth-order valence-corrected chi connectivity index (χ4v) is 4.71. The van der Waals surface area contributed by atoms with Crippen molar-refractivity contribution in [2.75, 3.05) is 26.0 Å². The van der Waals surface area contributed by atoms with Gasteiger partial charge in [-0.2, -0.15) is 0 Å². The van der Waals surface area contributed by atoms with E-state index in [0.29, 0.717) is 29.1 Å². The minimum atomic E-state index is -0.926. The van der Waals surface area contributed by atoms with E-state index in [1.54, 1.807) is 28.8 Å². The molecule has 1 aliphatic rings. The molecule has 0 saturated carbocycles. The Morgan fingerprint density at radius 1 is 1.12 bits per heavy atom. The molecule has 34 heavy (non-hydrogen) atoms. The number of ether oxygens (including phenoxy) is 1. The van der Waals surface area contributed by atoms with E-state index in [0.717, 1.165) is 17.3 Å². The van der Waals surface area contributed by atoms with Gasteiger partial charge in [-0.3, -0.25) is 23.7 Å². The Bertz CT molecular complexity index is 1280. The third-order valence-corrected chi connectivity index (χ3v) is 6.53. The van der Waals surface area contributed by atoms with Crippen molar-refractivity contribution in [2.45, 2.75) is 24.2 Å². The van der Waals surface area contributed by atoms with Gasteiger partial charge in [-0.1, -0.05) is 54.2 Å². The zero-order valence-electron chi connectivity index (χ0n) is 18.6. The Morgan fingerprint density at radius 3 is 2.62 bits per heavy atom. The normalized spacial score (nSPS) is 15.7. The minimum Gasteiger partial charge on any atom is -0.469 e. The van der Waals surface area contributed by atoms with Gasteiger partial charge in [0.1, 0.15) is 6.04 Å². The van der Waals surface area contributed by atoms with Gasteiger partial charge in [0.25, 0.3) is 5.56 Å². The van der Waals surface area contributed by atoms with Gasteiger partial charge in [0.05, 0.1) is 36.7 Å². The van der Waals surface area contributed by atoms with E-state index in [9.17, 15) is 19.2 Å². The van der Waals surface area contributed by atoms with E-state index < -0.39 is 12.0 Å². The van der Waals surface area contributed by atoms with Crippen molar-refractivity contribution in [2.24, 2.45) is 0 Å². The summed E-state index contributed by atoms with van der Waals surface area (Å²) < 4.78 is 6.23. The second-order valence-corrected chi connectivity index (χ2v) is 8.69. The van der Waals surface area contributed by atoms with Gasteiger partial charge >= 0.3 is 5.97 Å². The monoisotopic (exact) mass is 480 g/mol. The van der Waals surface area contributed by atoms with Crippen molar-refractivity contribution in [3.63, 3.8) is 0 Å². The number of nitrogens with one attached hydrogen (secondary N) is 1. The average Bonchev–Trinajstić information content (AvgIpc) is 2.86. The van der Waals surface area contributed by atoms with E-state index >= 15 is 0 Å². The third kappa shape index (κ3) is 5.12. The lowest BCUT2D eigenvalue weighted by molar-refractivity contribution is -0.149. The minimum absolute atomic E-state index is 0.0372. The Balaban J connectivity index is 1.60. The third-order valence-electron chi connectivity index (χ3n) is 5.57. The fraction of sp³-hybridized carbons (Fsp3) is 0.292. The molecule has 1 unspecified atom stereocenters. The lowest BCUT2D eigenvalue weighted by Crippen LogP contribution is -2.58. The van der Waals surface area contributed by atoms with Crippen molar-refractivity contribution < 1.29 is 19.1 Å². The topological polar surface area (TPSA) is 111 Å². The first-order valence-electron chi connectivity index (χ1n) is 10.8. The van der Waals surface area contributed by atoms with Crippen molar-refractivity contribution in [3.05, 3.63) is 70.5 Å². The number of hydrogen-bond donors (Lipinski definition) is 1. The van der Waals surface area contributed by atoms with Gasteiger partial charge in [-0.05, 0) is 17.7 Å². The average molecular weight is 481 g/mol. The molecule has 10 heteroatoms. The molecule has 0 aliphatic carbocycles. The zero-order valence-corrected chi connectivity index (χ0v) is 19.4. The number of methoxy groups -OCH3 is 1. The number of amides is 2. The van der Waals surface area contributed by atoms with Crippen LogP contribution >= 0.6 is 11.8 Å². The van der Waals surface area contributed by atoms with Gasteiger partial charge in [0, 0.05) is 13.1 Å². The fourth-order valence-electron chi connectivity index (χ4n) is 3.83. The van der Waals surface area contributed by atoms with Crippen LogP contribution in [0.3, 0.4) is 0 Å². The molecular weight excluding hydrogens is 456 g/mol. The Morgan fingerprint density at radius 2 is 1.85 bits per heavy atom. The molecule has 1 atom stereocenters. The van der Waals surface area contributed by atoms with Crippen molar-refractivity contribution in [1.29, 1.82) is 0 Å². The molecule has 1 fully saturated rings. The molecule has 4 rings (SSSR count). The highest BCUT2D eigenvalue weighted by molar-refractivity contribution is 7.99. The number of esters is 1. The summed E-state index contributed by atoms with van der Waals surface area (Å²) in [5, 5.41) is 3.59. The number of rotatable bonds is 7. The first kappa shape index (κ1) is 23.5. The molecular formula is C24H24N4O5S. The summed E-state index contributed by atoms with van der Waals surface area (Å²) in [7, 11) is 1.24. The van der Waals surface area contributed by atoms with Crippen LogP contribution in [0.5, 0.6) is 0 Å². The van der Waals surface area contributed by atoms with Crippen molar-refractivity contribution in [1.82, 2.24) is 19.8 Å². The number of nitrogens with zero attached hydrogens (tertiary/aromatic N) is 3. The van der Waals surface area contributed by atoms with Crippen LogP contribution in [0.15, 0.2) is 64.5 Å². The number of para-hydroxylation sites is 1. The molecule has 176 valence electrons. The summed E-state index contributed by atoms with van der Waals surface area (Å²) in [6.45, 7) is 0.903. The van der Waals surface area contributed by atoms with Gasteiger partial charge in [-0.25, -0.2) is 4.98 Å². The van der Waals surface area contributed by atoms with Crippen LogP contribution in [0.2, 0.25) is 0 Å². The second kappa shape index (κ2) is 10.5. The molecule has 0 radical (unpaired) electrons. The Hall–Kier alpha value is -3.66. The Kier molecular flexibility index (Phi) is 7.27. The first-order valence-corrected chi connectivity index (χ1v) is 11.8. The standard InChI is InChI=1S/C24H24N4O5S/c1-33-21(30)13-19-22(31)25-11-12-27(19)20(29)15-34-24-26-18-10-6-5-9-17(18)23(32)28(24)14-16-7-3-2-4-8-16/h2-10,19H,11-15H2,1H3,(H,25,31). The molecule has 9 nitrogen and oxygen atoms in total. The molecule has 1 aliphatic heterocycles. The van der Waals surface area contributed by atoms with Crippen LogP contribution in [-0.4, -0.2) is 64.2 Å². The highest BCUT2D eigenvalue weighted by Crippen LogP contribution is 2.21. The maximum atomic E-state index is 13.3. The molecule has 1 aromatic heterocycles. The molecule has 2 amide bonds. The SMILES string of the molecule is COC(=O)CC1C(=O)NCCN1C(=O)CSc1nc2ccccc2c(=O)n1Cc1ccccc1. The number of carbonyl (C=O) groups excluding carboxylic acids is 3. The van der Waals surface area contributed by atoms with Crippen LogP contribution in [0.25, 0.3) is 10.9 Å². The lowest BCUT2D eigenvalue weighted by atomic mass is 10.1. The van der Waals surface area contributed by atoms with Crippen molar-refractivity contribution >= 4 is 40.4 Å². The van der Waals surface area contributed by atoms with Gasteiger partial charge < -0.3 is 15.0 Å². The maximum absolute atomic E-state index is 13.3. The summed E-state index contributed by atoms with van der Waals surface area (Å²) in [5.74, 6) is -1.31. The molecule has 3 aromatic rings. The van der Waals surface area contributed by atoms with E-state index in [1.807, 2.05) is 30.3 Å². The highest BCUT2D eigenvalue weighted by Gasteiger charge is 2.35. The van der Waals surface area contributed by atoms with Crippen molar-refractivity contribution in [3.8, 4) is 0 Å². The Labute approximate surface area is 200 Å². The van der Waals surface area contributed by atoms with Crippen LogP contribution in [0.4, 0.5) is 0 Å². The largest absolute Gasteiger partial charge is 0.469 e. The van der Waals surface area contributed by atoms with Gasteiger partial charge in [-0.15, -0.1) is 0 Å². The first-order chi connectivity index (χ1) is 16.5. The van der Waals surface area contributed by atoms with Crippen LogP contribution in [0.1, 0.15) is 12.0 Å². The van der Waals surface area contributed by atoms with E-state index in [2.05, 4.69) is 15.0 Å². The number of thioether (sulfide) groups is 1. The van der Waals surface area contributed by atoms with Crippen LogP contribution in [-0.2, 0) is 25.7 Å². The smallest absolute Gasteiger partial charge is 0.308 e. The summed E-state index contributed by atoms with van der Waals surface area (Å²) in [6, 6.07) is 15.7. The summed E-state index contributed by atoms with van der Waals surface area (Å²) in [5.41, 5.74) is 1.29. The van der Waals surface area contributed by atoms with Gasteiger partial charge in [0.15, 0.2) is 5.16 Å². The molecule has 1 saturated heterocycles. The number of piperazine rings is 1. The van der Waals surface area contributed by atoms with Crippen LogP contribution < -0.4 is 10.9 Å². The maximum Gasteiger partial charge on any atom is 0.308 e. The van der Waals surface area contributed by atoms with E-state index in [-0.39, 0.29) is 36.1 Å². The number of carbonyl (C=O) groups is 3. The second-order valence-electron chi connectivity index (χ2n) is 7.75. The quantitative estimate of drug-likeness (QED) is 0.309. The predicted octanol–water partition coefficient (Wildman–Crippen LogP) is 1.43. The van der Waals surface area contributed by atoms with E-state index in [1.165, 1.54) is 12.0 Å². The number of aromatic nitrogens is 2. The molecule has 2 aromatic carbocycles. The highest BCUT2D eigenvalue weighted by atomic mass is 32.2. The summed E-state index contributed by atoms with van der Waals surface area (Å²) >= 11 is 1.14. The number of fused-ring (bicyclic) bond motifs is 1. The van der Waals surface area contributed by atoms with Gasteiger partial charge in [0.2, 0.25) is 11.8 Å². The zero-order chi connectivity index (χ0) is 24.1. The summed E-state index contributed by atoms with van der Waals surface area (Å²) in [6.07, 6.45) is -0.217. The summed E-state index contributed by atoms with van der Waals surface area (Å²) in [4.78, 5) is 56.4. The molecule has 2 heterocycles. The molecule has 1 N–H and O–H groups in total.